The van der Waals surface area contributed by atoms with Crippen molar-refractivity contribution in [3.8, 4) is 5.69 Å². The normalized spacial score (nSPS) is 11.2. The Morgan fingerprint density at radius 3 is 2.62 bits per heavy atom. The Kier molecular flexibility index (Phi) is 3.47. The van der Waals surface area contributed by atoms with E-state index in [9.17, 15) is 4.39 Å². The molecular weight excluding hydrogens is 265 g/mol. The van der Waals surface area contributed by atoms with Crippen LogP contribution in [0.3, 0.4) is 0 Å². The van der Waals surface area contributed by atoms with Gasteiger partial charge >= 0.3 is 0 Å². The zero-order chi connectivity index (χ0) is 15.0. The second kappa shape index (κ2) is 5.30. The average molecular weight is 283 g/mol. The molecule has 1 N–H and O–H groups in total. The van der Waals surface area contributed by atoms with E-state index in [4.69, 9.17) is 0 Å². The zero-order valence-corrected chi connectivity index (χ0v) is 12.4. The lowest BCUT2D eigenvalue weighted by atomic mass is 10.1. The smallest absolute Gasteiger partial charge is 0.125 e. The van der Waals surface area contributed by atoms with E-state index in [2.05, 4.69) is 36.3 Å². The first-order chi connectivity index (χ1) is 10.1. The lowest BCUT2D eigenvalue weighted by Crippen LogP contribution is -2.06. The fourth-order valence-corrected chi connectivity index (χ4v) is 2.55. The van der Waals surface area contributed by atoms with Crippen molar-refractivity contribution in [3.05, 3.63) is 59.2 Å². The molecule has 4 heteroatoms. The van der Waals surface area contributed by atoms with Gasteiger partial charge in [0.2, 0.25) is 0 Å². The molecule has 0 aliphatic carbocycles. The maximum atomic E-state index is 13.8. The molecule has 0 atom stereocenters. The summed E-state index contributed by atoms with van der Waals surface area (Å²) in [5.41, 5.74) is 6.06. The first-order valence-corrected chi connectivity index (χ1v) is 6.97. The standard InChI is InChI=1S/C17H18FN3/c1-11-4-16-17(5-12(11)2)21(10-20-16)15-7-13(9-19-3)6-14(18)8-15/h4-8,10,19H,9H2,1-3H3. The van der Waals surface area contributed by atoms with Crippen molar-refractivity contribution in [3.63, 3.8) is 0 Å². The molecule has 0 saturated heterocycles. The Hall–Kier alpha value is -2.20. The molecule has 3 aromatic rings. The largest absolute Gasteiger partial charge is 0.316 e. The molecule has 0 fully saturated rings. The molecule has 0 saturated carbocycles. The van der Waals surface area contributed by atoms with Crippen LogP contribution in [0.1, 0.15) is 16.7 Å². The highest BCUT2D eigenvalue weighted by Crippen LogP contribution is 2.23. The minimum absolute atomic E-state index is 0.233. The number of rotatable bonds is 3. The number of nitrogens with zero attached hydrogens (tertiary/aromatic N) is 2. The molecule has 3 rings (SSSR count). The van der Waals surface area contributed by atoms with E-state index in [0.717, 1.165) is 22.3 Å². The third-order valence-corrected chi connectivity index (χ3v) is 3.76. The summed E-state index contributed by atoms with van der Waals surface area (Å²) >= 11 is 0. The quantitative estimate of drug-likeness (QED) is 0.797. The van der Waals surface area contributed by atoms with Gasteiger partial charge in [0.1, 0.15) is 12.1 Å². The molecule has 0 bridgehead atoms. The first kappa shape index (κ1) is 13.8. The van der Waals surface area contributed by atoms with E-state index in [1.165, 1.54) is 17.2 Å². The Labute approximate surface area is 123 Å². The van der Waals surface area contributed by atoms with E-state index in [0.29, 0.717) is 6.54 Å². The maximum Gasteiger partial charge on any atom is 0.125 e. The third kappa shape index (κ3) is 2.54. The molecule has 1 heterocycles. The van der Waals surface area contributed by atoms with Gasteiger partial charge in [0.15, 0.2) is 0 Å². The number of imidazole rings is 1. The topological polar surface area (TPSA) is 29.9 Å². The fraction of sp³-hybridized carbons (Fsp3) is 0.235. The summed E-state index contributed by atoms with van der Waals surface area (Å²) in [6.45, 7) is 4.78. The highest BCUT2D eigenvalue weighted by atomic mass is 19.1. The summed E-state index contributed by atoms with van der Waals surface area (Å²) < 4.78 is 15.8. The SMILES string of the molecule is CNCc1cc(F)cc(-n2cnc3cc(C)c(C)cc32)c1. The summed E-state index contributed by atoms with van der Waals surface area (Å²) in [5.74, 6) is -0.233. The van der Waals surface area contributed by atoms with Crippen LogP contribution in [0, 0.1) is 19.7 Å². The molecular formula is C17H18FN3. The molecule has 3 nitrogen and oxygen atoms in total. The Morgan fingerprint density at radius 2 is 1.86 bits per heavy atom. The van der Waals surface area contributed by atoms with Crippen LogP contribution in [0.5, 0.6) is 0 Å². The van der Waals surface area contributed by atoms with Crippen molar-refractivity contribution < 1.29 is 4.39 Å². The molecule has 0 aliphatic rings. The molecule has 108 valence electrons. The van der Waals surface area contributed by atoms with Crippen molar-refractivity contribution in [2.45, 2.75) is 20.4 Å². The van der Waals surface area contributed by atoms with Gasteiger partial charge in [-0.15, -0.1) is 0 Å². The van der Waals surface area contributed by atoms with Crippen LogP contribution in [-0.2, 0) is 6.54 Å². The number of nitrogens with one attached hydrogen (secondary N) is 1. The summed E-state index contributed by atoms with van der Waals surface area (Å²) in [7, 11) is 1.85. The van der Waals surface area contributed by atoms with E-state index in [-0.39, 0.29) is 5.82 Å². The van der Waals surface area contributed by atoms with Gasteiger partial charge in [0, 0.05) is 6.54 Å². The van der Waals surface area contributed by atoms with Crippen molar-refractivity contribution in [2.24, 2.45) is 0 Å². The minimum atomic E-state index is -0.233. The number of aromatic nitrogens is 2. The van der Waals surface area contributed by atoms with Crippen LogP contribution in [0.25, 0.3) is 16.7 Å². The van der Waals surface area contributed by atoms with Crippen LogP contribution < -0.4 is 5.32 Å². The molecule has 2 aromatic carbocycles. The van der Waals surface area contributed by atoms with Crippen LogP contribution in [0.15, 0.2) is 36.7 Å². The van der Waals surface area contributed by atoms with Crippen molar-refractivity contribution in [1.82, 2.24) is 14.9 Å². The van der Waals surface area contributed by atoms with Crippen molar-refractivity contribution >= 4 is 11.0 Å². The Morgan fingerprint density at radius 1 is 1.10 bits per heavy atom. The number of halogens is 1. The van der Waals surface area contributed by atoms with Crippen molar-refractivity contribution in [2.75, 3.05) is 7.05 Å². The van der Waals surface area contributed by atoms with Crippen molar-refractivity contribution in [1.29, 1.82) is 0 Å². The lowest BCUT2D eigenvalue weighted by Gasteiger charge is -2.09. The van der Waals surface area contributed by atoms with Crippen LogP contribution in [0.4, 0.5) is 4.39 Å². The van der Waals surface area contributed by atoms with Gasteiger partial charge in [0.25, 0.3) is 0 Å². The third-order valence-electron chi connectivity index (χ3n) is 3.76. The first-order valence-electron chi connectivity index (χ1n) is 6.97. The lowest BCUT2D eigenvalue weighted by molar-refractivity contribution is 0.622. The maximum absolute atomic E-state index is 13.8. The summed E-state index contributed by atoms with van der Waals surface area (Å²) in [6, 6.07) is 9.23. The molecule has 0 radical (unpaired) electrons. The Balaban J connectivity index is 2.18. The van der Waals surface area contributed by atoms with Gasteiger partial charge in [-0.25, -0.2) is 9.37 Å². The van der Waals surface area contributed by atoms with Gasteiger partial charge in [-0.05, 0) is 67.9 Å². The number of hydrogen-bond acceptors (Lipinski definition) is 2. The van der Waals surface area contributed by atoms with Gasteiger partial charge in [-0.1, -0.05) is 0 Å². The molecule has 0 amide bonds. The average Bonchev–Trinajstić information content (AvgIpc) is 2.82. The van der Waals surface area contributed by atoms with E-state index in [1.54, 1.807) is 12.4 Å². The zero-order valence-electron chi connectivity index (χ0n) is 12.4. The summed E-state index contributed by atoms with van der Waals surface area (Å²) in [6.07, 6.45) is 1.75. The van der Waals surface area contributed by atoms with Crippen LogP contribution in [-0.4, -0.2) is 16.6 Å². The Bertz CT molecular complexity index is 805. The number of aryl methyl sites for hydroxylation is 2. The number of benzene rings is 2. The fourth-order valence-electron chi connectivity index (χ4n) is 2.55. The predicted molar refractivity (Wildman–Crippen MR) is 83.3 cm³/mol. The molecule has 0 aliphatic heterocycles. The molecule has 1 aromatic heterocycles. The van der Waals surface area contributed by atoms with E-state index in [1.807, 2.05) is 17.7 Å². The number of hydrogen-bond donors (Lipinski definition) is 1. The second-order valence-electron chi connectivity index (χ2n) is 5.39. The minimum Gasteiger partial charge on any atom is -0.316 e. The predicted octanol–water partition coefficient (Wildman–Crippen LogP) is 3.50. The van der Waals surface area contributed by atoms with Gasteiger partial charge in [-0.3, -0.25) is 4.57 Å². The van der Waals surface area contributed by atoms with Gasteiger partial charge in [0.05, 0.1) is 16.7 Å². The number of fused-ring (bicyclic) bond motifs is 1. The van der Waals surface area contributed by atoms with Crippen LogP contribution in [0.2, 0.25) is 0 Å². The molecule has 21 heavy (non-hydrogen) atoms. The molecule has 0 spiro atoms. The monoisotopic (exact) mass is 283 g/mol. The van der Waals surface area contributed by atoms with Gasteiger partial charge < -0.3 is 5.32 Å². The summed E-state index contributed by atoms with van der Waals surface area (Å²) in [4.78, 5) is 4.43. The second-order valence-corrected chi connectivity index (χ2v) is 5.39. The van der Waals surface area contributed by atoms with Crippen LogP contribution >= 0.6 is 0 Å². The van der Waals surface area contributed by atoms with E-state index >= 15 is 0 Å². The summed E-state index contributed by atoms with van der Waals surface area (Å²) in [5, 5.41) is 3.05. The highest BCUT2D eigenvalue weighted by Gasteiger charge is 2.08. The molecule has 0 unspecified atom stereocenters. The van der Waals surface area contributed by atoms with Gasteiger partial charge in [-0.2, -0.15) is 0 Å². The van der Waals surface area contributed by atoms with E-state index < -0.39 is 0 Å². The highest BCUT2D eigenvalue weighted by molar-refractivity contribution is 5.79.